The molecule has 7 atom stereocenters. The van der Waals surface area contributed by atoms with E-state index >= 15 is 0 Å². The molecule has 2 saturated carbocycles. The Morgan fingerprint density at radius 1 is 1.09 bits per heavy atom. The third kappa shape index (κ3) is 2.31. The lowest BCUT2D eigenvalue weighted by Gasteiger charge is -2.67. The van der Waals surface area contributed by atoms with Crippen LogP contribution in [0, 0.1) is 33.0 Å². The van der Waals surface area contributed by atoms with Gasteiger partial charge in [0.05, 0.1) is 24.0 Å². The second-order valence-corrected chi connectivity index (χ2v) is 11.4. The predicted molar refractivity (Wildman–Crippen MR) is 121 cm³/mol. The van der Waals surface area contributed by atoms with Crippen LogP contribution in [-0.2, 0) is 33.4 Å². The smallest absolute Gasteiger partial charge is 0.326 e. The highest BCUT2D eigenvalue weighted by Gasteiger charge is 2.85. The summed E-state index contributed by atoms with van der Waals surface area (Å²) >= 11 is 0. The average Bonchev–Trinajstić information content (AvgIpc) is 2.77. The summed E-state index contributed by atoms with van der Waals surface area (Å²) in [5.41, 5.74) is -8.90. The number of methoxy groups -OCH3 is 1. The molecule has 9 heteroatoms. The van der Waals surface area contributed by atoms with Crippen molar-refractivity contribution in [2.45, 2.75) is 66.6 Å². The molecule has 4 rings (SSSR count). The van der Waals surface area contributed by atoms with Crippen LogP contribution in [0.3, 0.4) is 0 Å². The van der Waals surface area contributed by atoms with Crippen LogP contribution in [0.5, 0.6) is 0 Å². The van der Waals surface area contributed by atoms with Gasteiger partial charge in [-0.3, -0.25) is 24.0 Å². The molecule has 0 aromatic carbocycles. The van der Waals surface area contributed by atoms with E-state index in [1.165, 1.54) is 20.8 Å². The summed E-state index contributed by atoms with van der Waals surface area (Å²) < 4.78 is 10.4. The van der Waals surface area contributed by atoms with Gasteiger partial charge in [0, 0.05) is 17.3 Å². The molecule has 1 aliphatic heterocycles. The van der Waals surface area contributed by atoms with E-state index in [4.69, 9.17) is 9.47 Å². The number of Topliss-reactive ketones (excluding diaryl/α,β-unsaturated/α-hetero) is 3. The number of allylic oxidation sites excluding steroid dienone is 2. The summed E-state index contributed by atoms with van der Waals surface area (Å²) in [6.07, 6.45) is -2.81. The number of ketones is 3. The molecule has 1 saturated heterocycles. The fourth-order valence-electron chi connectivity index (χ4n) is 7.92. The van der Waals surface area contributed by atoms with Crippen LogP contribution in [0.1, 0.15) is 54.4 Å². The van der Waals surface area contributed by atoms with Crippen molar-refractivity contribution < 1.29 is 43.7 Å². The van der Waals surface area contributed by atoms with Crippen molar-refractivity contribution in [1.82, 2.24) is 0 Å². The number of carbonyl (C=O) groups is 5. The summed E-state index contributed by atoms with van der Waals surface area (Å²) in [7, 11) is 1.04. The Balaban J connectivity index is 2.19. The quantitative estimate of drug-likeness (QED) is 0.322. The lowest BCUT2D eigenvalue weighted by Crippen LogP contribution is -2.78. The molecule has 1 heterocycles. The zero-order valence-electron chi connectivity index (χ0n) is 21.1. The molecule has 3 aliphatic carbocycles. The number of rotatable bonds is 1. The van der Waals surface area contributed by atoms with Gasteiger partial charge < -0.3 is 19.7 Å². The van der Waals surface area contributed by atoms with Gasteiger partial charge in [0.25, 0.3) is 0 Å². The maximum atomic E-state index is 14.2. The van der Waals surface area contributed by atoms with Gasteiger partial charge in [-0.05, 0) is 45.6 Å². The summed E-state index contributed by atoms with van der Waals surface area (Å²) in [5, 5.41) is 22.7. The fraction of sp³-hybridized carbons (Fsp3) is 0.654. The van der Waals surface area contributed by atoms with E-state index in [1.54, 1.807) is 20.8 Å². The highest BCUT2D eigenvalue weighted by molar-refractivity contribution is 6.19. The van der Waals surface area contributed by atoms with Crippen LogP contribution >= 0.6 is 0 Å². The molecule has 0 amide bonds. The molecule has 9 nitrogen and oxygen atoms in total. The molecular formula is C26H32O9. The van der Waals surface area contributed by atoms with Crippen molar-refractivity contribution in [3.63, 3.8) is 0 Å². The van der Waals surface area contributed by atoms with Crippen molar-refractivity contribution in [3.8, 4) is 0 Å². The lowest BCUT2D eigenvalue weighted by molar-refractivity contribution is -0.231. The molecule has 3 fully saturated rings. The number of fused-ring (bicyclic) bond motifs is 5. The Hall–Kier alpha value is -2.81. The van der Waals surface area contributed by atoms with E-state index in [9.17, 15) is 34.2 Å². The van der Waals surface area contributed by atoms with Crippen molar-refractivity contribution >= 4 is 29.3 Å². The first-order valence-corrected chi connectivity index (χ1v) is 11.7. The molecule has 1 unspecified atom stereocenters. The predicted octanol–water partition coefficient (Wildman–Crippen LogP) is 2.01. The number of ether oxygens (including phenoxy) is 2. The number of cyclic esters (lactones) is 1. The summed E-state index contributed by atoms with van der Waals surface area (Å²) in [6.45, 7) is 13.0. The molecule has 0 aromatic heterocycles. The van der Waals surface area contributed by atoms with Crippen molar-refractivity contribution in [3.05, 3.63) is 23.5 Å². The summed E-state index contributed by atoms with van der Waals surface area (Å²) in [5.74, 6) is -6.02. The van der Waals surface area contributed by atoms with Crippen molar-refractivity contribution in [1.29, 1.82) is 0 Å². The van der Waals surface area contributed by atoms with Crippen LogP contribution in [0.25, 0.3) is 0 Å². The number of hydrogen-bond acceptors (Lipinski definition) is 9. The molecule has 0 spiro atoms. The molecule has 2 N–H and O–H groups in total. The van der Waals surface area contributed by atoms with Crippen LogP contribution in [0.4, 0.5) is 0 Å². The molecule has 35 heavy (non-hydrogen) atoms. The van der Waals surface area contributed by atoms with E-state index in [0.29, 0.717) is 0 Å². The first kappa shape index (κ1) is 25.3. The van der Waals surface area contributed by atoms with Gasteiger partial charge in [-0.1, -0.05) is 26.0 Å². The first-order chi connectivity index (χ1) is 15.9. The van der Waals surface area contributed by atoms with Gasteiger partial charge in [0.1, 0.15) is 5.78 Å². The van der Waals surface area contributed by atoms with Gasteiger partial charge >= 0.3 is 11.9 Å². The molecule has 0 aromatic rings. The maximum Gasteiger partial charge on any atom is 0.326 e. The molecule has 0 radical (unpaired) electrons. The number of hydrogen-bond donors (Lipinski definition) is 2. The molecule has 0 bridgehead atoms. The minimum atomic E-state index is -2.51. The third-order valence-electron chi connectivity index (χ3n) is 9.91. The first-order valence-electron chi connectivity index (χ1n) is 11.7. The second kappa shape index (κ2) is 6.90. The maximum absolute atomic E-state index is 14.2. The fourth-order valence-corrected chi connectivity index (χ4v) is 7.92. The Kier molecular flexibility index (Phi) is 4.98. The zero-order chi connectivity index (χ0) is 26.7. The standard InChI is InChI=1S/C26H32O9/c1-11-9-13-23(5)15(28)10-14(27)22(3,4)17(23)16(29)19(31)25(13,7)26(20(32)34-8)21(33)35-12(2)18(30)24(11,26)6/h12-13,15,28-29H,1,9-10H2,2-8H3/t12-,13-,15+,23+,24-,25+,26?/m1/s1. The largest absolute Gasteiger partial charge is 0.504 e. The monoisotopic (exact) mass is 488 g/mol. The average molecular weight is 489 g/mol. The van der Waals surface area contributed by atoms with E-state index in [0.717, 1.165) is 7.11 Å². The normalized spacial score (nSPS) is 44.8. The van der Waals surface area contributed by atoms with Crippen LogP contribution in [0.15, 0.2) is 23.5 Å². The summed E-state index contributed by atoms with van der Waals surface area (Å²) in [4.78, 5) is 68.2. The van der Waals surface area contributed by atoms with Crippen LogP contribution in [0.2, 0.25) is 0 Å². The van der Waals surface area contributed by atoms with E-state index in [1.807, 2.05) is 0 Å². The van der Waals surface area contributed by atoms with Crippen LogP contribution < -0.4 is 0 Å². The highest BCUT2D eigenvalue weighted by atomic mass is 16.6. The lowest BCUT2D eigenvalue weighted by atomic mass is 9.32. The topological polar surface area (TPSA) is 144 Å². The number of carbonyl (C=O) groups excluding carboxylic acids is 5. The Bertz CT molecular complexity index is 1160. The number of aliphatic hydroxyl groups is 2. The zero-order valence-corrected chi connectivity index (χ0v) is 21.1. The van der Waals surface area contributed by atoms with Gasteiger partial charge in [0.2, 0.25) is 5.78 Å². The summed E-state index contributed by atoms with van der Waals surface area (Å²) in [6, 6.07) is 0. The SMILES string of the molecule is C=C1C[C@@H]2[C@]3(C)C(=C(O)C(=O)[C@@]2(C)C2(C(=O)OC)C(=O)O[C@H](C)C(=O)[C@@]12C)C(C)(C)C(=O)C[C@@H]3O. The number of esters is 2. The minimum absolute atomic E-state index is 0.0160. The molecule has 4 aliphatic rings. The van der Waals surface area contributed by atoms with E-state index < -0.39 is 74.5 Å². The minimum Gasteiger partial charge on any atom is -0.504 e. The second-order valence-electron chi connectivity index (χ2n) is 11.4. The van der Waals surface area contributed by atoms with Crippen LogP contribution in [-0.4, -0.2) is 58.8 Å². The third-order valence-corrected chi connectivity index (χ3v) is 9.91. The molecular weight excluding hydrogens is 456 g/mol. The highest BCUT2D eigenvalue weighted by Crippen LogP contribution is 2.74. The van der Waals surface area contributed by atoms with Crippen molar-refractivity contribution in [2.24, 2.45) is 33.0 Å². The van der Waals surface area contributed by atoms with Gasteiger partial charge in [-0.2, -0.15) is 0 Å². The van der Waals surface area contributed by atoms with Gasteiger partial charge in [-0.25, -0.2) is 0 Å². The Morgan fingerprint density at radius 2 is 1.66 bits per heavy atom. The van der Waals surface area contributed by atoms with E-state index in [2.05, 4.69) is 6.58 Å². The Morgan fingerprint density at radius 3 is 2.20 bits per heavy atom. The molecule has 190 valence electrons. The number of aliphatic hydroxyl groups excluding tert-OH is 2. The van der Waals surface area contributed by atoms with E-state index in [-0.39, 0.29) is 29.8 Å². The van der Waals surface area contributed by atoms with Crippen molar-refractivity contribution in [2.75, 3.05) is 7.11 Å². The Labute approximate surface area is 203 Å². The van der Waals surface area contributed by atoms with Gasteiger partial charge in [-0.15, -0.1) is 0 Å². The van der Waals surface area contributed by atoms with Gasteiger partial charge in [0.15, 0.2) is 23.1 Å².